The maximum Gasteiger partial charge on any atom is 0.315 e. The van der Waals surface area contributed by atoms with Crippen molar-refractivity contribution in [3.63, 3.8) is 0 Å². The van der Waals surface area contributed by atoms with Gasteiger partial charge in [0.2, 0.25) is 5.91 Å². The van der Waals surface area contributed by atoms with Gasteiger partial charge in [-0.2, -0.15) is 0 Å². The zero-order valence-electron chi connectivity index (χ0n) is 15.2. The number of nitrogens with zero attached hydrogens (tertiary/aromatic N) is 1. The lowest BCUT2D eigenvalue weighted by Gasteiger charge is -2.34. The van der Waals surface area contributed by atoms with Crippen molar-refractivity contribution in [3.8, 4) is 5.75 Å². The van der Waals surface area contributed by atoms with Crippen molar-refractivity contribution in [1.29, 1.82) is 0 Å². The molecule has 1 aliphatic rings. The van der Waals surface area contributed by atoms with Gasteiger partial charge in [-0.1, -0.05) is 0 Å². The quantitative estimate of drug-likeness (QED) is 0.725. The predicted octanol–water partition coefficient (Wildman–Crippen LogP) is 1.47. The van der Waals surface area contributed by atoms with E-state index in [4.69, 9.17) is 10.5 Å². The van der Waals surface area contributed by atoms with Crippen molar-refractivity contribution in [1.82, 2.24) is 10.6 Å². The largest absolute Gasteiger partial charge is 0.497 e. The number of hydrogen-bond donors (Lipinski definition) is 3. The predicted molar refractivity (Wildman–Crippen MR) is 97.7 cm³/mol. The van der Waals surface area contributed by atoms with Crippen LogP contribution in [0.15, 0.2) is 24.3 Å². The van der Waals surface area contributed by atoms with E-state index < -0.39 is 11.3 Å². The molecule has 4 N–H and O–H groups in total. The van der Waals surface area contributed by atoms with Crippen LogP contribution in [-0.2, 0) is 4.79 Å². The summed E-state index contributed by atoms with van der Waals surface area (Å²) >= 11 is 0. The van der Waals surface area contributed by atoms with Gasteiger partial charge in [-0.05, 0) is 51.0 Å². The van der Waals surface area contributed by atoms with Gasteiger partial charge in [-0.3, -0.25) is 4.79 Å². The number of rotatable bonds is 6. The summed E-state index contributed by atoms with van der Waals surface area (Å²) in [5.41, 5.74) is 5.71. The lowest BCUT2D eigenvalue weighted by molar-refractivity contribution is -0.125. The van der Waals surface area contributed by atoms with Gasteiger partial charge < -0.3 is 26.0 Å². The molecule has 1 aromatic carbocycles. The van der Waals surface area contributed by atoms with Crippen LogP contribution in [-0.4, -0.2) is 44.7 Å². The Labute approximate surface area is 148 Å². The maximum atomic E-state index is 12.0. The summed E-state index contributed by atoms with van der Waals surface area (Å²) in [5.74, 6) is 0.413. The van der Waals surface area contributed by atoms with E-state index in [1.807, 2.05) is 24.3 Å². The van der Waals surface area contributed by atoms with Crippen molar-refractivity contribution in [2.24, 2.45) is 11.1 Å². The summed E-state index contributed by atoms with van der Waals surface area (Å²) in [4.78, 5) is 25.6. The average Bonchev–Trinajstić information content (AvgIpc) is 2.61. The fourth-order valence-corrected chi connectivity index (χ4v) is 2.70. The number of carbonyl (C=O) groups is 2. The second kappa shape index (κ2) is 8.09. The van der Waals surface area contributed by atoms with E-state index in [0.717, 1.165) is 37.4 Å². The van der Waals surface area contributed by atoms with Crippen molar-refractivity contribution in [3.05, 3.63) is 24.3 Å². The molecule has 1 heterocycles. The van der Waals surface area contributed by atoms with Crippen molar-refractivity contribution in [2.75, 3.05) is 31.6 Å². The summed E-state index contributed by atoms with van der Waals surface area (Å²) in [6.07, 6.45) is 1.75. The second-order valence-corrected chi connectivity index (χ2v) is 7.03. The molecule has 1 aliphatic heterocycles. The smallest absolute Gasteiger partial charge is 0.315 e. The first-order valence-corrected chi connectivity index (χ1v) is 8.55. The molecule has 0 aromatic heterocycles. The van der Waals surface area contributed by atoms with Crippen LogP contribution in [0.1, 0.15) is 26.7 Å². The van der Waals surface area contributed by atoms with Crippen LogP contribution >= 0.6 is 0 Å². The van der Waals surface area contributed by atoms with Gasteiger partial charge in [-0.15, -0.1) is 0 Å². The second-order valence-electron chi connectivity index (χ2n) is 7.03. The number of amides is 3. The molecule has 7 nitrogen and oxygen atoms in total. The molecule has 1 fully saturated rings. The lowest BCUT2D eigenvalue weighted by Crippen LogP contribution is -2.50. The van der Waals surface area contributed by atoms with E-state index in [1.54, 1.807) is 21.0 Å². The molecule has 1 aromatic rings. The molecule has 138 valence electrons. The Balaban J connectivity index is 1.76. The third-order valence-corrected chi connectivity index (χ3v) is 4.63. The molecule has 0 saturated carbocycles. The monoisotopic (exact) mass is 348 g/mol. The van der Waals surface area contributed by atoms with E-state index in [0.29, 0.717) is 0 Å². The number of piperidine rings is 1. The summed E-state index contributed by atoms with van der Waals surface area (Å²) < 4.78 is 5.18. The fourth-order valence-electron chi connectivity index (χ4n) is 2.70. The summed E-state index contributed by atoms with van der Waals surface area (Å²) in [6.45, 7) is 5.40. The SMILES string of the molecule is COc1ccc(N2CCC(NC(=O)NCC(C)(C)C(N)=O)CC2)cc1. The fraction of sp³-hybridized carbons (Fsp3) is 0.556. The molecule has 0 bridgehead atoms. The molecule has 3 amide bonds. The van der Waals surface area contributed by atoms with Gasteiger partial charge >= 0.3 is 6.03 Å². The highest BCUT2D eigenvalue weighted by atomic mass is 16.5. The zero-order chi connectivity index (χ0) is 18.4. The third-order valence-electron chi connectivity index (χ3n) is 4.63. The van der Waals surface area contributed by atoms with Crippen LogP contribution in [0.2, 0.25) is 0 Å². The highest BCUT2D eigenvalue weighted by Gasteiger charge is 2.26. The number of primary amides is 1. The Morgan fingerprint density at radius 2 is 1.84 bits per heavy atom. The molecule has 0 radical (unpaired) electrons. The average molecular weight is 348 g/mol. The molecule has 0 atom stereocenters. The topological polar surface area (TPSA) is 96.7 Å². The number of anilines is 1. The first kappa shape index (κ1) is 18.9. The van der Waals surface area contributed by atoms with Gasteiger partial charge in [0.15, 0.2) is 0 Å². The Hall–Kier alpha value is -2.44. The number of urea groups is 1. The number of carbonyl (C=O) groups excluding carboxylic acids is 2. The van der Waals surface area contributed by atoms with Crippen molar-refractivity contribution in [2.45, 2.75) is 32.7 Å². The van der Waals surface area contributed by atoms with E-state index in [2.05, 4.69) is 15.5 Å². The number of hydrogen-bond acceptors (Lipinski definition) is 4. The Bertz CT molecular complexity index is 593. The van der Waals surface area contributed by atoms with E-state index in [1.165, 1.54) is 0 Å². The number of nitrogens with two attached hydrogens (primary N) is 1. The lowest BCUT2D eigenvalue weighted by atomic mass is 9.93. The van der Waals surface area contributed by atoms with Crippen LogP contribution in [0.5, 0.6) is 5.75 Å². The minimum Gasteiger partial charge on any atom is -0.497 e. The van der Waals surface area contributed by atoms with Crippen LogP contribution in [0.25, 0.3) is 0 Å². The van der Waals surface area contributed by atoms with E-state index in [-0.39, 0.29) is 18.6 Å². The van der Waals surface area contributed by atoms with Gasteiger partial charge in [0.1, 0.15) is 5.75 Å². The Morgan fingerprint density at radius 3 is 2.36 bits per heavy atom. The maximum absolute atomic E-state index is 12.0. The van der Waals surface area contributed by atoms with Gasteiger partial charge in [0.25, 0.3) is 0 Å². The van der Waals surface area contributed by atoms with Crippen LogP contribution in [0, 0.1) is 5.41 Å². The molecule has 0 unspecified atom stereocenters. The first-order valence-electron chi connectivity index (χ1n) is 8.55. The van der Waals surface area contributed by atoms with E-state index >= 15 is 0 Å². The minimum absolute atomic E-state index is 0.131. The molecule has 1 saturated heterocycles. The van der Waals surface area contributed by atoms with Crippen LogP contribution < -0.4 is 26.0 Å². The highest BCUT2D eigenvalue weighted by molar-refractivity contribution is 5.81. The summed E-state index contributed by atoms with van der Waals surface area (Å²) in [6, 6.07) is 7.88. The molecule has 0 aliphatic carbocycles. The Morgan fingerprint density at radius 1 is 1.24 bits per heavy atom. The van der Waals surface area contributed by atoms with Gasteiger partial charge in [-0.25, -0.2) is 4.79 Å². The number of nitrogens with one attached hydrogen (secondary N) is 2. The minimum atomic E-state index is -0.755. The van der Waals surface area contributed by atoms with E-state index in [9.17, 15) is 9.59 Å². The molecular formula is C18H28N4O3. The standard InChI is InChI=1S/C18H28N4O3/c1-18(2,16(19)23)12-20-17(24)21-13-8-10-22(11-9-13)14-4-6-15(25-3)7-5-14/h4-7,13H,8-12H2,1-3H3,(H2,19,23)(H2,20,21,24). The summed E-state index contributed by atoms with van der Waals surface area (Å²) in [7, 11) is 1.65. The molecule has 2 rings (SSSR count). The number of ether oxygens (including phenoxy) is 1. The van der Waals surface area contributed by atoms with Crippen molar-refractivity contribution < 1.29 is 14.3 Å². The Kier molecular flexibility index (Phi) is 6.12. The molecule has 7 heteroatoms. The van der Waals surface area contributed by atoms with Gasteiger partial charge in [0, 0.05) is 31.4 Å². The van der Waals surface area contributed by atoms with Crippen molar-refractivity contribution >= 4 is 17.6 Å². The number of methoxy groups -OCH3 is 1. The van der Waals surface area contributed by atoms with Gasteiger partial charge in [0.05, 0.1) is 12.5 Å². The summed E-state index contributed by atoms with van der Waals surface area (Å²) in [5, 5.41) is 5.70. The zero-order valence-corrected chi connectivity index (χ0v) is 15.2. The highest BCUT2D eigenvalue weighted by Crippen LogP contribution is 2.22. The number of benzene rings is 1. The van der Waals surface area contributed by atoms with Crippen LogP contribution in [0.4, 0.5) is 10.5 Å². The third kappa shape index (κ3) is 5.27. The van der Waals surface area contributed by atoms with Crippen LogP contribution in [0.3, 0.4) is 0 Å². The molecular weight excluding hydrogens is 320 g/mol. The molecule has 25 heavy (non-hydrogen) atoms. The normalized spacial score (nSPS) is 15.6. The first-order chi connectivity index (χ1) is 11.8. The molecule has 0 spiro atoms.